The number of hydrogen-bond donors (Lipinski definition) is 0. The maximum absolute atomic E-state index is 7.16. The molecule has 2 nitrogen and oxygen atoms in total. The van der Waals surface area contributed by atoms with Crippen molar-refractivity contribution >= 4 is 32.5 Å². The minimum atomic E-state index is -2.67. The molecule has 2 aromatic rings. The van der Waals surface area contributed by atoms with E-state index in [1.165, 1.54) is 33.8 Å². The van der Waals surface area contributed by atoms with Crippen molar-refractivity contribution in [1.29, 1.82) is 0 Å². The fraction of sp³-hybridized carbons (Fsp3) is 0.469. The van der Waals surface area contributed by atoms with Crippen molar-refractivity contribution in [3.05, 3.63) is 82.3 Å². The van der Waals surface area contributed by atoms with Gasteiger partial charge in [-0.2, -0.15) is 0 Å². The van der Waals surface area contributed by atoms with Crippen LogP contribution in [0.25, 0.3) is 12.2 Å². The Bertz CT molecular complexity index is 1180. The molecule has 4 rings (SSSR count). The first kappa shape index (κ1) is 28.7. The molecular formula is C32H46HfO2Si2. The zero-order valence-electron chi connectivity index (χ0n) is 24.8. The molecule has 0 saturated carbocycles. The molecule has 2 aromatic carbocycles. The first-order valence-electron chi connectivity index (χ1n) is 13.7. The topological polar surface area (TPSA) is 18.5 Å². The van der Waals surface area contributed by atoms with Gasteiger partial charge in [-0.15, -0.1) is 0 Å². The average molecular weight is 697 g/mol. The summed E-state index contributed by atoms with van der Waals surface area (Å²) in [4.78, 5) is 0. The second-order valence-electron chi connectivity index (χ2n) is 13.7. The van der Waals surface area contributed by atoms with Crippen molar-refractivity contribution < 1.29 is 29.8 Å². The van der Waals surface area contributed by atoms with Gasteiger partial charge in [0.15, 0.2) is 0 Å². The molecule has 198 valence electrons. The van der Waals surface area contributed by atoms with E-state index in [1.54, 1.807) is 0 Å². The van der Waals surface area contributed by atoms with Crippen LogP contribution in [0.4, 0.5) is 0 Å². The molecule has 2 atom stereocenters. The Morgan fingerprint density at radius 2 is 1.00 bits per heavy atom. The third-order valence-electron chi connectivity index (χ3n) is 9.14. The minimum absolute atomic E-state index is 0.158. The molecule has 0 N–H and O–H groups in total. The van der Waals surface area contributed by atoms with Crippen molar-refractivity contribution in [1.82, 2.24) is 0 Å². The van der Waals surface area contributed by atoms with Gasteiger partial charge >= 0.3 is 237 Å². The molecule has 2 aliphatic rings. The monoisotopic (exact) mass is 698 g/mol. The molecule has 0 amide bonds. The van der Waals surface area contributed by atoms with E-state index in [4.69, 9.17) is 8.85 Å². The fourth-order valence-electron chi connectivity index (χ4n) is 4.85. The van der Waals surface area contributed by atoms with Crippen LogP contribution in [0.3, 0.4) is 0 Å². The van der Waals surface area contributed by atoms with Crippen LogP contribution >= 0.6 is 0 Å². The molecule has 5 heteroatoms. The van der Waals surface area contributed by atoms with E-state index in [9.17, 15) is 0 Å². The van der Waals surface area contributed by atoms with Gasteiger partial charge in [0.2, 0.25) is 0 Å². The molecule has 0 aliphatic heterocycles. The van der Waals surface area contributed by atoms with Gasteiger partial charge in [0.1, 0.15) is 0 Å². The predicted octanol–water partition coefficient (Wildman–Crippen LogP) is 9.66. The van der Waals surface area contributed by atoms with Crippen molar-refractivity contribution in [2.75, 3.05) is 0 Å². The Hall–Kier alpha value is -1.31. The number of fused-ring (bicyclic) bond motifs is 2. The Morgan fingerprint density at radius 1 is 0.649 bits per heavy atom. The summed E-state index contributed by atoms with van der Waals surface area (Å²) in [6.45, 7) is 25.9. The Balaban J connectivity index is 1.83. The van der Waals surface area contributed by atoms with Crippen LogP contribution in [-0.4, -0.2) is 20.4 Å². The summed E-state index contributed by atoms with van der Waals surface area (Å²) in [5.41, 5.74) is 5.61. The van der Waals surface area contributed by atoms with Gasteiger partial charge in [0, 0.05) is 0 Å². The quantitative estimate of drug-likeness (QED) is 0.280. The van der Waals surface area contributed by atoms with Crippen LogP contribution in [0.1, 0.15) is 78.1 Å². The van der Waals surface area contributed by atoms with E-state index in [0.29, 0.717) is 7.35 Å². The van der Waals surface area contributed by atoms with E-state index in [1.807, 2.05) is 0 Å². The summed E-state index contributed by atoms with van der Waals surface area (Å²) in [5.74, 6) is 2.45. The number of allylic oxidation sites excluding steroid dienone is 2. The summed E-state index contributed by atoms with van der Waals surface area (Å²) in [6, 6.07) is 18.0. The van der Waals surface area contributed by atoms with E-state index in [0.717, 1.165) is 0 Å². The first-order valence-corrected chi connectivity index (χ1v) is 25.8. The van der Waals surface area contributed by atoms with Gasteiger partial charge < -0.3 is 0 Å². The second kappa shape index (κ2) is 10.0. The van der Waals surface area contributed by atoms with Crippen molar-refractivity contribution in [2.45, 2.75) is 92.1 Å². The van der Waals surface area contributed by atoms with Crippen molar-refractivity contribution in [2.24, 2.45) is 0 Å². The van der Waals surface area contributed by atoms with Crippen LogP contribution in [0.15, 0.2) is 60.0 Å². The third kappa shape index (κ3) is 5.42. The molecule has 2 aliphatic carbocycles. The Morgan fingerprint density at radius 3 is 1.32 bits per heavy atom. The zero-order valence-corrected chi connectivity index (χ0v) is 30.4. The van der Waals surface area contributed by atoms with E-state index < -0.39 is 37.6 Å². The predicted molar refractivity (Wildman–Crippen MR) is 163 cm³/mol. The number of hydrogen-bond acceptors (Lipinski definition) is 2. The summed E-state index contributed by atoms with van der Waals surface area (Å²) < 4.78 is 17.7. The van der Waals surface area contributed by atoms with E-state index in [2.05, 4.69) is 139 Å². The molecule has 0 spiro atoms. The molecule has 0 aromatic heterocycles. The molecule has 0 radical (unpaired) electrons. The Labute approximate surface area is 235 Å². The van der Waals surface area contributed by atoms with Crippen LogP contribution in [-0.2, 0) is 29.8 Å². The first-order chi connectivity index (χ1) is 17.1. The third-order valence-corrected chi connectivity index (χ3v) is 29.3. The second-order valence-corrected chi connectivity index (χ2v) is 33.0. The van der Waals surface area contributed by atoms with Crippen molar-refractivity contribution in [3.8, 4) is 0 Å². The molecule has 0 saturated heterocycles. The Kier molecular flexibility index (Phi) is 7.77. The van der Waals surface area contributed by atoms with Crippen LogP contribution in [0.5, 0.6) is 0 Å². The van der Waals surface area contributed by atoms with Crippen molar-refractivity contribution in [3.63, 3.8) is 0 Å². The van der Waals surface area contributed by atoms with Crippen LogP contribution in [0, 0.1) is 0 Å². The van der Waals surface area contributed by atoms with Gasteiger partial charge in [-0.05, 0) is 0 Å². The van der Waals surface area contributed by atoms with E-state index >= 15 is 0 Å². The van der Waals surface area contributed by atoms with Gasteiger partial charge in [-0.3, -0.25) is 0 Å². The SMILES string of the molecule is C[CH]=[Hf]([CH]1C(O[Si](C)(C)C(C)(C)C)=Cc2ccccc21)[CH]1C(O[Si](C)(C)C(C)(C)C)=Cc2ccccc21. The van der Waals surface area contributed by atoms with Crippen LogP contribution in [0.2, 0.25) is 36.3 Å². The molecule has 37 heavy (non-hydrogen) atoms. The summed E-state index contributed by atoms with van der Waals surface area (Å²) >= 11 is -2.67. The molecule has 0 fully saturated rings. The average Bonchev–Trinajstić information content (AvgIpc) is 3.31. The zero-order chi connectivity index (χ0) is 27.4. The molecule has 2 unspecified atom stereocenters. The molecular weight excluding hydrogens is 651 g/mol. The maximum atomic E-state index is 7.16. The van der Waals surface area contributed by atoms with Gasteiger partial charge in [-0.25, -0.2) is 0 Å². The normalized spacial score (nSPS) is 19.5. The molecule has 0 heterocycles. The van der Waals surface area contributed by atoms with Gasteiger partial charge in [0.25, 0.3) is 0 Å². The number of benzene rings is 2. The standard InChI is InChI=1S/2C15H21OSi.C2H4.Hf/c2*1-15(2,3)17(4,5)16-14-10-12-8-6-7-9-13(12)11-14;1-2;/h2*6-11H,1-5H3;1H,2H3;. The fourth-order valence-corrected chi connectivity index (χ4v) is 19.3. The van der Waals surface area contributed by atoms with Gasteiger partial charge in [-0.1, -0.05) is 0 Å². The molecule has 0 bridgehead atoms. The van der Waals surface area contributed by atoms with Crippen LogP contribution < -0.4 is 0 Å². The summed E-state index contributed by atoms with van der Waals surface area (Å²) in [5, 5.41) is 0.315. The number of rotatable bonds is 6. The van der Waals surface area contributed by atoms with Gasteiger partial charge in [0.05, 0.1) is 0 Å². The van der Waals surface area contributed by atoms with E-state index in [-0.39, 0.29) is 10.1 Å². The summed E-state index contributed by atoms with van der Waals surface area (Å²) in [6.07, 6.45) is 4.74. The summed E-state index contributed by atoms with van der Waals surface area (Å²) in [7, 11) is -3.98.